The van der Waals surface area contributed by atoms with Gasteiger partial charge in [0, 0.05) is 19.1 Å². The van der Waals surface area contributed by atoms with Crippen molar-refractivity contribution in [2.24, 2.45) is 11.7 Å². The minimum atomic E-state index is 0.121. The highest BCUT2D eigenvalue weighted by Gasteiger charge is 2.29. The standard InChI is InChI=1S/C15H27N3O/c1-4-13(16)15(14-6-5-9-19-14)18(3)11-12-7-8-17(2)10-12/h5-6,9,12-13,15H,4,7-8,10-11,16H2,1-3H3. The van der Waals surface area contributed by atoms with E-state index in [2.05, 4.69) is 30.8 Å². The number of hydrogen-bond acceptors (Lipinski definition) is 4. The zero-order valence-electron chi connectivity index (χ0n) is 12.4. The summed E-state index contributed by atoms with van der Waals surface area (Å²) in [6, 6.07) is 4.29. The zero-order valence-corrected chi connectivity index (χ0v) is 12.4. The van der Waals surface area contributed by atoms with Crippen LogP contribution >= 0.6 is 0 Å². The number of likely N-dealkylation sites (N-methyl/N-ethyl adjacent to an activating group) is 1. The maximum absolute atomic E-state index is 6.30. The van der Waals surface area contributed by atoms with Gasteiger partial charge in [-0.25, -0.2) is 0 Å². The maximum atomic E-state index is 6.30. The van der Waals surface area contributed by atoms with Crippen LogP contribution < -0.4 is 5.73 Å². The second kappa shape index (κ2) is 6.55. The lowest BCUT2D eigenvalue weighted by molar-refractivity contribution is 0.159. The highest BCUT2D eigenvalue weighted by Crippen LogP contribution is 2.26. The number of nitrogens with two attached hydrogens (primary N) is 1. The Hall–Kier alpha value is -0.840. The SMILES string of the molecule is CCC(N)C(c1ccco1)N(C)CC1CCN(C)C1. The van der Waals surface area contributed by atoms with Gasteiger partial charge in [0.15, 0.2) is 0 Å². The van der Waals surface area contributed by atoms with E-state index in [1.165, 1.54) is 19.5 Å². The smallest absolute Gasteiger partial charge is 0.122 e. The molecule has 2 N–H and O–H groups in total. The van der Waals surface area contributed by atoms with E-state index in [-0.39, 0.29) is 12.1 Å². The van der Waals surface area contributed by atoms with E-state index in [0.717, 1.165) is 24.6 Å². The van der Waals surface area contributed by atoms with Gasteiger partial charge in [-0.2, -0.15) is 0 Å². The van der Waals surface area contributed by atoms with Crippen LogP contribution in [0.4, 0.5) is 0 Å². The van der Waals surface area contributed by atoms with Crippen LogP contribution in [0.5, 0.6) is 0 Å². The first-order chi connectivity index (χ1) is 9.11. The summed E-state index contributed by atoms with van der Waals surface area (Å²) < 4.78 is 5.59. The summed E-state index contributed by atoms with van der Waals surface area (Å²) in [5, 5.41) is 0. The lowest BCUT2D eigenvalue weighted by Gasteiger charge is -2.32. The molecule has 4 nitrogen and oxygen atoms in total. The predicted octanol–water partition coefficient (Wildman–Crippen LogP) is 1.94. The quantitative estimate of drug-likeness (QED) is 0.854. The molecule has 0 aliphatic carbocycles. The molecule has 2 rings (SSSR count). The number of nitrogens with zero attached hydrogens (tertiary/aromatic N) is 2. The molecule has 2 heterocycles. The van der Waals surface area contributed by atoms with Gasteiger partial charge >= 0.3 is 0 Å². The van der Waals surface area contributed by atoms with Gasteiger partial charge in [-0.15, -0.1) is 0 Å². The third-order valence-electron chi connectivity index (χ3n) is 4.22. The minimum Gasteiger partial charge on any atom is -0.468 e. The van der Waals surface area contributed by atoms with E-state index in [0.29, 0.717) is 0 Å². The third-order valence-corrected chi connectivity index (χ3v) is 4.22. The molecule has 3 atom stereocenters. The van der Waals surface area contributed by atoms with Gasteiger partial charge in [-0.05, 0) is 51.5 Å². The Morgan fingerprint density at radius 1 is 1.58 bits per heavy atom. The van der Waals surface area contributed by atoms with Gasteiger partial charge in [-0.1, -0.05) is 6.92 Å². The van der Waals surface area contributed by atoms with E-state index >= 15 is 0 Å². The number of rotatable bonds is 6. The van der Waals surface area contributed by atoms with Crippen molar-refractivity contribution in [3.63, 3.8) is 0 Å². The summed E-state index contributed by atoms with van der Waals surface area (Å²) in [5.41, 5.74) is 6.30. The van der Waals surface area contributed by atoms with Gasteiger partial charge in [0.2, 0.25) is 0 Å². The molecule has 108 valence electrons. The van der Waals surface area contributed by atoms with E-state index < -0.39 is 0 Å². The topological polar surface area (TPSA) is 45.6 Å². The molecule has 19 heavy (non-hydrogen) atoms. The van der Waals surface area contributed by atoms with Crippen molar-refractivity contribution >= 4 is 0 Å². The summed E-state index contributed by atoms with van der Waals surface area (Å²) in [7, 11) is 4.36. The molecule has 0 amide bonds. The molecule has 0 saturated carbocycles. The van der Waals surface area contributed by atoms with E-state index in [1.54, 1.807) is 6.26 Å². The minimum absolute atomic E-state index is 0.121. The fraction of sp³-hybridized carbons (Fsp3) is 0.733. The maximum Gasteiger partial charge on any atom is 0.122 e. The molecule has 0 radical (unpaired) electrons. The summed E-state index contributed by atoms with van der Waals surface area (Å²) in [6.07, 6.45) is 3.98. The molecule has 4 heteroatoms. The number of likely N-dealkylation sites (tertiary alicyclic amines) is 1. The van der Waals surface area contributed by atoms with Crippen molar-refractivity contribution in [2.75, 3.05) is 33.7 Å². The highest BCUT2D eigenvalue weighted by molar-refractivity contribution is 5.07. The molecule has 1 saturated heterocycles. The van der Waals surface area contributed by atoms with Crippen LogP contribution in [0.2, 0.25) is 0 Å². The summed E-state index contributed by atoms with van der Waals surface area (Å²) >= 11 is 0. The molecule has 0 spiro atoms. The molecular weight excluding hydrogens is 238 g/mol. The Morgan fingerprint density at radius 2 is 2.37 bits per heavy atom. The molecular formula is C15H27N3O. The van der Waals surface area contributed by atoms with Crippen LogP contribution in [0.25, 0.3) is 0 Å². The first kappa shape index (κ1) is 14.6. The van der Waals surface area contributed by atoms with Crippen molar-refractivity contribution in [3.8, 4) is 0 Å². The van der Waals surface area contributed by atoms with Crippen LogP contribution in [0, 0.1) is 5.92 Å². The second-order valence-electron chi connectivity index (χ2n) is 5.89. The number of hydrogen-bond donors (Lipinski definition) is 1. The molecule has 0 aromatic carbocycles. The van der Waals surface area contributed by atoms with Crippen molar-refractivity contribution in [1.82, 2.24) is 9.80 Å². The van der Waals surface area contributed by atoms with Crippen LogP contribution in [-0.4, -0.2) is 49.6 Å². The molecule has 3 unspecified atom stereocenters. The Morgan fingerprint density at radius 3 is 2.89 bits per heavy atom. The van der Waals surface area contributed by atoms with Gasteiger partial charge in [-0.3, -0.25) is 4.90 Å². The average Bonchev–Trinajstić information content (AvgIpc) is 3.01. The zero-order chi connectivity index (χ0) is 13.8. The van der Waals surface area contributed by atoms with Crippen molar-refractivity contribution < 1.29 is 4.42 Å². The highest BCUT2D eigenvalue weighted by atomic mass is 16.3. The Labute approximate surface area is 116 Å². The Bertz CT molecular complexity index is 365. The Kier molecular flexibility index (Phi) is 5.02. The van der Waals surface area contributed by atoms with Crippen LogP contribution in [0.1, 0.15) is 31.6 Å². The molecule has 1 aromatic heterocycles. The van der Waals surface area contributed by atoms with Crippen molar-refractivity contribution in [3.05, 3.63) is 24.2 Å². The van der Waals surface area contributed by atoms with Crippen LogP contribution in [0.3, 0.4) is 0 Å². The third kappa shape index (κ3) is 3.59. The van der Waals surface area contributed by atoms with Gasteiger partial charge in [0.25, 0.3) is 0 Å². The molecule has 1 fully saturated rings. The monoisotopic (exact) mass is 265 g/mol. The Balaban J connectivity index is 2.01. The average molecular weight is 265 g/mol. The molecule has 1 aliphatic heterocycles. The fourth-order valence-corrected chi connectivity index (χ4v) is 3.13. The van der Waals surface area contributed by atoms with Crippen LogP contribution in [0.15, 0.2) is 22.8 Å². The first-order valence-electron chi connectivity index (χ1n) is 7.29. The lowest BCUT2D eigenvalue weighted by atomic mass is 10.0. The number of furan rings is 1. The van der Waals surface area contributed by atoms with E-state index in [4.69, 9.17) is 10.2 Å². The molecule has 0 bridgehead atoms. The predicted molar refractivity (Wildman–Crippen MR) is 77.9 cm³/mol. The normalized spacial score (nSPS) is 23.9. The van der Waals surface area contributed by atoms with Crippen molar-refractivity contribution in [2.45, 2.75) is 31.8 Å². The molecule has 1 aromatic rings. The van der Waals surface area contributed by atoms with Crippen LogP contribution in [-0.2, 0) is 0 Å². The first-order valence-corrected chi connectivity index (χ1v) is 7.29. The lowest BCUT2D eigenvalue weighted by Crippen LogP contribution is -2.41. The van der Waals surface area contributed by atoms with E-state index in [9.17, 15) is 0 Å². The van der Waals surface area contributed by atoms with E-state index in [1.807, 2.05) is 12.1 Å². The van der Waals surface area contributed by atoms with Gasteiger partial charge in [0.1, 0.15) is 5.76 Å². The van der Waals surface area contributed by atoms with Gasteiger partial charge < -0.3 is 15.1 Å². The summed E-state index contributed by atoms with van der Waals surface area (Å²) in [6.45, 7) is 5.63. The van der Waals surface area contributed by atoms with Crippen molar-refractivity contribution in [1.29, 1.82) is 0 Å². The summed E-state index contributed by atoms with van der Waals surface area (Å²) in [5.74, 6) is 1.74. The second-order valence-corrected chi connectivity index (χ2v) is 5.89. The largest absolute Gasteiger partial charge is 0.468 e. The summed E-state index contributed by atoms with van der Waals surface area (Å²) in [4.78, 5) is 4.77. The fourth-order valence-electron chi connectivity index (χ4n) is 3.13. The van der Waals surface area contributed by atoms with Gasteiger partial charge in [0.05, 0.1) is 12.3 Å². The molecule has 1 aliphatic rings.